The van der Waals surface area contributed by atoms with Gasteiger partial charge in [-0.05, 0) is 47.9 Å². The number of hydrogen-bond acceptors (Lipinski definition) is 3. The molecule has 0 saturated carbocycles. The molecular weight excluding hydrogens is 372 g/mol. The van der Waals surface area contributed by atoms with Gasteiger partial charge in [-0.2, -0.15) is 4.99 Å². The van der Waals surface area contributed by atoms with Gasteiger partial charge in [0.25, 0.3) is 0 Å². The lowest BCUT2D eigenvalue weighted by Crippen LogP contribution is -2.28. The highest BCUT2D eigenvalue weighted by Gasteiger charge is 2.13. The van der Waals surface area contributed by atoms with Crippen LogP contribution >= 0.6 is 11.5 Å². The number of benzene rings is 3. The Hall–Kier alpha value is -3.71. The van der Waals surface area contributed by atoms with Crippen molar-refractivity contribution in [3.8, 4) is 11.4 Å². The summed E-state index contributed by atoms with van der Waals surface area (Å²) in [6.45, 7) is 0. The van der Waals surface area contributed by atoms with Crippen LogP contribution in [0.3, 0.4) is 0 Å². The first kappa shape index (κ1) is 17.7. The highest BCUT2D eigenvalue weighted by molar-refractivity contribution is 7.03. The van der Waals surface area contributed by atoms with Gasteiger partial charge in [-0.1, -0.05) is 54.6 Å². The van der Waals surface area contributed by atoms with E-state index in [0.29, 0.717) is 17.1 Å². The molecule has 2 amide bonds. The minimum Gasteiger partial charge on any atom is -0.306 e. The van der Waals surface area contributed by atoms with Crippen molar-refractivity contribution in [1.82, 2.24) is 8.52 Å². The lowest BCUT2D eigenvalue weighted by atomic mass is 10.3. The number of nitrogens with one attached hydrogen (secondary N) is 1. The Balaban J connectivity index is 1.84. The largest absolute Gasteiger partial charge is 0.349 e. The van der Waals surface area contributed by atoms with E-state index in [9.17, 15) is 9.59 Å². The van der Waals surface area contributed by atoms with Crippen molar-refractivity contribution in [2.75, 3.05) is 5.32 Å². The molecule has 7 heteroatoms. The fourth-order valence-electron chi connectivity index (χ4n) is 2.69. The SMILES string of the molecule is O=C(N=c1sn(-c2ccccc2)c(=O)n1-c1ccccc1)Nc1ccccc1. The second-order valence-corrected chi connectivity index (χ2v) is 6.78. The van der Waals surface area contributed by atoms with Crippen molar-refractivity contribution in [3.05, 3.63) is 106 Å². The molecule has 0 aliphatic rings. The Bertz CT molecular complexity index is 1210. The Labute approximate surface area is 164 Å². The van der Waals surface area contributed by atoms with Gasteiger partial charge in [0, 0.05) is 5.69 Å². The maximum absolute atomic E-state index is 13.1. The molecule has 1 N–H and O–H groups in total. The summed E-state index contributed by atoms with van der Waals surface area (Å²) < 4.78 is 2.95. The molecule has 0 aliphatic carbocycles. The van der Waals surface area contributed by atoms with E-state index in [0.717, 1.165) is 11.5 Å². The number of aromatic nitrogens is 2. The number of carbonyl (C=O) groups excluding carboxylic acids is 1. The molecule has 1 aromatic heterocycles. The molecule has 138 valence electrons. The standard InChI is InChI=1S/C21H16N4O2S/c26-19(22-16-10-4-1-5-11-16)23-20-24(17-12-6-2-7-13-17)21(27)25(28-20)18-14-8-3-9-15-18/h1-15H,(H,22,26). The average Bonchev–Trinajstić information content (AvgIpc) is 3.05. The molecule has 6 nitrogen and oxygen atoms in total. The Morgan fingerprint density at radius 2 is 1.32 bits per heavy atom. The summed E-state index contributed by atoms with van der Waals surface area (Å²) in [5.41, 5.74) is 1.71. The second kappa shape index (κ2) is 7.89. The number of amides is 2. The molecule has 0 spiro atoms. The molecule has 0 atom stereocenters. The van der Waals surface area contributed by atoms with Crippen molar-refractivity contribution in [2.24, 2.45) is 4.99 Å². The van der Waals surface area contributed by atoms with Gasteiger partial charge >= 0.3 is 11.7 Å². The smallest absolute Gasteiger partial charge is 0.306 e. The summed E-state index contributed by atoms with van der Waals surface area (Å²) in [6.07, 6.45) is 0. The van der Waals surface area contributed by atoms with Crippen LogP contribution < -0.4 is 15.8 Å². The summed E-state index contributed by atoms with van der Waals surface area (Å²) in [5, 5.41) is 2.71. The van der Waals surface area contributed by atoms with Crippen LogP contribution in [0.4, 0.5) is 10.5 Å². The molecule has 0 saturated heterocycles. The number of rotatable bonds is 3. The van der Waals surface area contributed by atoms with Crippen LogP contribution in [0.2, 0.25) is 0 Å². The van der Waals surface area contributed by atoms with E-state index in [-0.39, 0.29) is 10.5 Å². The summed E-state index contributed by atoms with van der Waals surface area (Å²) in [5.74, 6) is 0. The van der Waals surface area contributed by atoms with Gasteiger partial charge in [-0.3, -0.25) is 0 Å². The van der Waals surface area contributed by atoms with Gasteiger partial charge in [-0.15, -0.1) is 0 Å². The lowest BCUT2D eigenvalue weighted by Gasteiger charge is -2.02. The summed E-state index contributed by atoms with van der Waals surface area (Å²) in [7, 11) is 0. The summed E-state index contributed by atoms with van der Waals surface area (Å²) in [6, 6.07) is 26.9. The first-order valence-corrected chi connectivity index (χ1v) is 9.37. The summed E-state index contributed by atoms with van der Waals surface area (Å²) >= 11 is 1.11. The Morgan fingerprint density at radius 1 is 0.786 bits per heavy atom. The second-order valence-electron chi connectivity index (χ2n) is 5.87. The van der Waals surface area contributed by atoms with Crippen LogP contribution in [-0.4, -0.2) is 14.6 Å². The van der Waals surface area contributed by atoms with Crippen molar-refractivity contribution in [2.45, 2.75) is 0 Å². The van der Waals surface area contributed by atoms with Crippen LogP contribution in [0.25, 0.3) is 11.4 Å². The monoisotopic (exact) mass is 388 g/mol. The van der Waals surface area contributed by atoms with E-state index >= 15 is 0 Å². The quantitative estimate of drug-likeness (QED) is 0.580. The Kier molecular flexibility index (Phi) is 4.99. The van der Waals surface area contributed by atoms with Crippen molar-refractivity contribution in [3.63, 3.8) is 0 Å². The first-order valence-electron chi connectivity index (χ1n) is 8.59. The van der Waals surface area contributed by atoms with Crippen molar-refractivity contribution < 1.29 is 4.79 Å². The van der Waals surface area contributed by atoms with Gasteiger partial charge < -0.3 is 5.32 Å². The van der Waals surface area contributed by atoms with E-state index in [1.54, 1.807) is 24.3 Å². The number of hydrogen-bond donors (Lipinski definition) is 1. The average molecular weight is 388 g/mol. The third-order valence-electron chi connectivity index (χ3n) is 3.96. The molecule has 28 heavy (non-hydrogen) atoms. The highest BCUT2D eigenvalue weighted by atomic mass is 32.1. The molecule has 4 aromatic rings. The first-order chi connectivity index (χ1) is 13.7. The number of nitrogens with zero attached hydrogens (tertiary/aromatic N) is 3. The normalized spacial score (nSPS) is 11.4. The molecule has 0 aliphatic heterocycles. The van der Waals surface area contributed by atoms with E-state index in [4.69, 9.17) is 0 Å². The molecule has 0 unspecified atom stereocenters. The maximum atomic E-state index is 13.1. The number of urea groups is 1. The molecule has 0 radical (unpaired) electrons. The molecule has 1 heterocycles. The zero-order valence-electron chi connectivity index (χ0n) is 14.7. The molecule has 3 aromatic carbocycles. The Morgan fingerprint density at radius 3 is 1.93 bits per heavy atom. The zero-order chi connectivity index (χ0) is 19.3. The third-order valence-corrected chi connectivity index (χ3v) is 4.94. The minimum absolute atomic E-state index is 0.284. The molecule has 0 bridgehead atoms. The topological polar surface area (TPSA) is 68.4 Å². The molecule has 4 rings (SSSR count). The fourth-order valence-corrected chi connectivity index (χ4v) is 3.63. The van der Waals surface area contributed by atoms with Crippen LogP contribution in [0, 0.1) is 0 Å². The van der Waals surface area contributed by atoms with Gasteiger partial charge in [0.15, 0.2) is 0 Å². The van der Waals surface area contributed by atoms with E-state index < -0.39 is 6.03 Å². The van der Waals surface area contributed by atoms with Crippen LogP contribution in [0.1, 0.15) is 0 Å². The minimum atomic E-state index is -0.544. The molecule has 0 fully saturated rings. The third kappa shape index (κ3) is 3.70. The van der Waals surface area contributed by atoms with E-state index in [1.165, 1.54) is 8.52 Å². The number of anilines is 1. The highest BCUT2D eigenvalue weighted by Crippen LogP contribution is 2.09. The predicted octanol–water partition coefficient (Wildman–Crippen LogP) is 3.82. The number of para-hydroxylation sites is 3. The van der Waals surface area contributed by atoms with E-state index in [2.05, 4.69) is 10.3 Å². The molecular formula is C21H16N4O2S. The van der Waals surface area contributed by atoms with Gasteiger partial charge in [-0.25, -0.2) is 18.1 Å². The van der Waals surface area contributed by atoms with E-state index in [1.807, 2.05) is 66.7 Å². The fraction of sp³-hybridized carbons (Fsp3) is 0. The van der Waals surface area contributed by atoms with Gasteiger partial charge in [0.1, 0.15) is 0 Å². The van der Waals surface area contributed by atoms with Crippen LogP contribution in [-0.2, 0) is 0 Å². The zero-order valence-corrected chi connectivity index (χ0v) is 15.5. The predicted molar refractivity (Wildman–Crippen MR) is 110 cm³/mol. The van der Waals surface area contributed by atoms with Crippen molar-refractivity contribution >= 4 is 23.3 Å². The van der Waals surface area contributed by atoms with Gasteiger partial charge in [0.05, 0.1) is 11.4 Å². The number of carbonyl (C=O) groups is 1. The maximum Gasteiger partial charge on any atom is 0.349 e. The van der Waals surface area contributed by atoms with Crippen LogP contribution in [0.5, 0.6) is 0 Å². The summed E-state index contributed by atoms with van der Waals surface area (Å²) in [4.78, 5) is 29.9. The van der Waals surface area contributed by atoms with Crippen molar-refractivity contribution in [1.29, 1.82) is 0 Å². The lowest BCUT2D eigenvalue weighted by molar-refractivity contribution is 0.259. The van der Waals surface area contributed by atoms with Crippen LogP contribution in [0.15, 0.2) is 101 Å². The van der Waals surface area contributed by atoms with Gasteiger partial charge in [0.2, 0.25) is 4.80 Å².